The fourth-order valence-corrected chi connectivity index (χ4v) is 7.33. The van der Waals surface area contributed by atoms with E-state index in [0.29, 0.717) is 12.0 Å². The number of fused-ring (bicyclic) bond motifs is 5. The maximum Gasteiger partial charge on any atom is 0.236 e. The molecule has 1 amide bonds. The molecule has 42 heavy (non-hydrogen) atoms. The lowest BCUT2D eigenvalue weighted by Gasteiger charge is -2.60. The molecule has 0 saturated carbocycles. The van der Waals surface area contributed by atoms with Crippen molar-refractivity contribution >= 4 is 29.0 Å². The molecule has 6 unspecified atom stereocenters. The third-order valence-electron chi connectivity index (χ3n) is 9.46. The van der Waals surface area contributed by atoms with Crippen molar-refractivity contribution in [2.75, 3.05) is 27.8 Å². The second-order valence-electron chi connectivity index (χ2n) is 11.4. The number of nitriles is 1. The minimum absolute atomic E-state index is 0.0277. The van der Waals surface area contributed by atoms with Gasteiger partial charge in [0.05, 0.1) is 38.4 Å². The van der Waals surface area contributed by atoms with Crippen molar-refractivity contribution in [3.63, 3.8) is 0 Å². The van der Waals surface area contributed by atoms with Gasteiger partial charge in [0.2, 0.25) is 17.5 Å². The number of allylic oxidation sites excluding steroid dienone is 4. The summed E-state index contributed by atoms with van der Waals surface area (Å²) in [4.78, 5) is 71.4. The van der Waals surface area contributed by atoms with Gasteiger partial charge < -0.3 is 20.5 Å². The lowest BCUT2D eigenvalue weighted by Crippen LogP contribution is -2.74. The van der Waals surface area contributed by atoms with Crippen molar-refractivity contribution in [2.45, 2.75) is 76.3 Å². The number of nitrogens with zero attached hydrogens (tertiary/aromatic N) is 3. The van der Waals surface area contributed by atoms with Crippen molar-refractivity contribution in [1.82, 2.24) is 15.1 Å². The number of piperazine rings is 1. The molecule has 5 aliphatic rings. The van der Waals surface area contributed by atoms with Crippen LogP contribution in [0.3, 0.4) is 0 Å². The number of ketones is 4. The van der Waals surface area contributed by atoms with E-state index in [2.05, 4.69) is 11.4 Å². The van der Waals surface area contributed by atoms with Crippen LogP contribution in [0.15, 0.2) is 45.0 Å². The first-order chi connectivity index (χ1) is 19.9. The number of hydrogen-bond donors (Lipinski definition) is 2. The first-order valence-electron chi connectivity index (χ1n) is 14.0. The minimum Gasteiger partial charge on any atom is -0.492 e. The van der Waals surface area contributed by atoms with Crippen LogP contribution in [0.25, 0.3) is 0 Å². The highest BCUT2D eigenvalue weighted by atomic mass is 16.5. The molecular weight excluding hydrogens is 542 g/mol. The van der Waals surface area contributed by atoms with Gasteiger partial charge in [-0.3, -0.25) is 33.8 Å². The first kappa shape index (κ1) is 29.6. The molecule has 0 aromatic heterocycles. The summed E-state index contributed by atoms with van der Waals surface area (Å²) in [7, 11) is 4.47. The summed E-state index contributed by atoms with van der Waals surface area (Å²) >= 11 is 0. The van der Waals surface area contributed by atoms with Crippen molar-refractivity contribution in [3.8, 4) is 6.07 Å². The lowest BCUT2D eigenvalue weighted by molar-refractivity contribution is -0.126. The van der Waals surface area contributed by atoms with Gasteiger partial charge in [-0.25, -0.2) is 0 Å². The quantitative estimate of drug-likeness (QED) is 0.407. The first-order valence-corrected chi connectivity index (χ1v) is 14.0. The number of rotatable bonds is 6. The Labute approximate surface area is 243 Å². The topological polar surface area (TPSA) is 172 Å². The van der Waals surface area contributed by atoms with Gasteiger partial charge in [0, 0.05) is 52.1 Å². The fourth-order valence-electron chi connectivity index (χ4n) is 7.33. The highest BCUT2D eigenvalue weighted by Crippen LogP contribution is 2.48. The van der Waals surface area contributed by atoms with E-state index in [9.17, 15) is 29.2 Å². The summed E-state index contributed by atoms with van der Waals surface area (Å²) in [5, 5.41) is 13.4. The highest BCUT2D eigenvalue weighted by Gasteiger charge is 2.59. The number of likely N-dealkylation sites (N-methyl/N-ethyl adjacent to an activating group) is 1. The van der Waals surface area contributed by atoms with E-state index in [-0.39, 0.29) is 70.3 Å². The molecule has 5 rings (SSSR count). The number of methoxy groups -OCH3 is 2. The molecule has 222 valence electrons. The number of nitrogens with two attached hydrogens (primary N) is 1. The number of carbonyl (C=O) groups is 5. The fraction of sp³-hybridized carbons (Fsp3) is 0.533. The van der Waals surface area contributed by atoms with Gasteiger partial charge in [0.15, 0.2) is 23.1 Å². The van der Waals surface area contributed by atoms with Crippen LogP contribution in [0.1, 0.15) is 40.0 Å². The van der Waals surface area contributed by atoms with Gasteiger partial charge in [0.1, 0.15) is 6.04 Å². The molecule has 0 aromatic carbocycles. The van der Waals surface area contributed by atoms with Crippen LogP contribution in [0.2, 0.25) is 0 Å². The predicted octanol–water partition coefficient (Wildman–Crippen LogP) is -0.00112. The Hall–Kier alpha value is -3.92. The van der Waals surface area contributed by atoms with E-state index in [1.807, 2.05) is 9.80 Å². The Kier molecular flexibility index (Phi) is 7.55. The zero-order valence-corrected chi connectivity index (χ0v) is 24.6. The number of nitrogens with one attached hydrogen (secondary N) is 1. The van der Waals surface area contributed by atoms with Gasteiger partial charge in [-0.1, -0.05) is 6.92 Å². The smallest absolute Gasteiger partial charge is 0.236 e. The second kappa shape index (κ2) is 10.7. The third kappa shape index (κ3) is 4.02. The van der Waals surface area contributed by atoms with Crippen LogP contribution in [0, 0.1) is 11.3 Å². The molecule has 12 nitrogen and oxygen atoms in total. The highest BCUT2D eigenvalue weighted by molar-refractivity contribution is 6.26. The number of amides is 1. The van der Waals surface area contributed by atoms with Gasteiger partial charge in [-0.05, 0) is 40.2 Å². The summed E-state index contributed by atoms with van der Waals surface area (Å²) in [6, 6.07) is -1.96. The zero-order chi connectivity index (χ0) is 30.8. The van der Waals surface area contributed by atoms with Gasteiger partial charge in [-0.2, -0.15) is 5.26 Å². The van der Waals surface area contributed by atoms with E-state index in [1.165, 1.54) is 21.1 Å². The Morgan fingerprint density at radius 1 is 0.976 bits per heavy atom. The Morgan fingerprint density at radius 2 is 1.50 bits per heavy atom. The molecule has 2 bridgehead atoms. The molecule has 1 fully saturated rings. The Bertz CT molecular complexity index is 1490. The molecule has 0 spiro atoms. The van der Waals surface area contributed by atoms with E-state index >= 15 is 0 Å². The zero-order valence-electron chi connectivity index (χ0n) is 24.6. The van der Waals surface area contributed by atoms with Crippen LogP contribution >= 0.6 is 0 Å². The predicted molar refractivity (Wildman–Crippen MR) is 148 cm³/mol. The van der Waals surface area contributed by atoms with Crippen molar-refractivity contribution in [1.29, 1.82) is 5.26 Å². The molecule has 12 heteroatoms. The second-order valence-corrected chi connectivity index (χ2v) is 11.4. The lowest BCUT2D eigenvalue weighted by atomic mass is 9.67. The van der Waals surface area contributed by atoms with Crippen LogP contribution in [-0.4, -0.2) is 103 Å². The summed E-state index contributed by atoms with van der Waals surface area (Å²) in [5.41, 5.74) is 7.40. The SMILES string of the molecule is CCC(N)C(=O)NCC1C2=C(CC3C4C5=C(CC(C(C#N)N13)N4C)C(=O)C(C)=C(OC)C5=O)C(=O)C(C)=C(OC)C2=O. The molecule has 6 atom stereocenters. The van der Waals surface area contributed by atoms with E-state index in [0.717, 1.165) is 0 Å². The summed E-state index contributed by atoms with van der Waals surface area (Å²) in [5.74, 6) is -2.09. The van der Waals surface area contributed by atoms with Crippen molar-refractivity contribution in [2.24, 2.45) is 5.73 Å². The van der Waals surface area contributed by atoms with Gasteiger partial charge in [0.25, 0.3) is 0 Å². The molecular formula is C30H35N5O7. The molecule has 3 heterocycles. The van der Waals surface area contributed by atoms with E-state index in [1.54, 1.807) is 20.9 Å². The standard InChI is InChI=1S/C30H35N5O7/c1-7-16(32)30(40)33-11-20-21-14(24(36)12(2)28(41-5)26(21)38)9-18-23-22-15(25(37)13(3)29(42-6)27(22)39)8-17(34(23)4)19(10-31)35(18)20/h16-20,23H,7-9,11,32H2,1-6H3,(H,33,40). The average Bonchev–Trinajstić information content (AvgIpc) is 2.97. The van der Waals surface area contributed by atoms with Crippen molar-refractivity contribution < 1.29 is 33.4 Å². The number of hydrogen-bond acceptors (Lipinski definition) is 11. The largest absolute Gasteiger partial charge is 0.492 e. The average molecular weight is 578 g/mol. The number of ether oxygens (including phenoxy) is 2. The molecule has 0 radical (unpaired) electrons. The maximum absolute atomic E-state index is 13.8. The monoisotopic (exact) mass is 577 g/mol. The molecule has 1 saturated heterocycles. The molecule has 2 aliphatic carbocycles. The maximum atomic E-state index is 13.8. The molecule has 3 N–H and O–H groups in total. The normalized spacial score (nSPS) is 30.6. The summed E-state index contributed by atoms with van der Waals surface area (Å²) in [6.07, 6.45) is 0.585. The van der Waals surface area contributed by atoms with Crippen molar-refractivity contribution in [3.05, 3.63) is 45.0 Å². The Morgan fingerprint density at radius 3 is 2.02 bits per heavy atom. The van der Waals surface area contributed by atoms with Crippen LogP contribution in [0.5, 0.6) is 0 Å². The minimum atomic E-state index is -0.888. The summed E-state index contributed by atoms with van der Waals surface area (Å²) < 4.78 is 10.7. The molecule has 0 aromatic rings. The third-order valence-corrected chi connectivity index (χ3v) is 9.46. The van der Waals surface area contributed by atoms with Crippen LogP contribution < -0.4 is 11.1 Å². The molecule has 3 aliphatic heterocycles. The summed E-state index contributed by atoms with van der Waals surface area (Å²) in [6.45, 7) is 4.75. The van der Waals surface area contributed by atoms with Crippen LogP contribution in [-0.2, 0) is 33.4 Å². The van der Waals surface area contributed by atoms with Gasteiger partial charge >= 0.3 is 0 Å². The van der Waals surface area contributed by atoms with Crippen LogP contribution in [0.4, 0.5) is 0 Å². The van der Waals surface area contributed by atoms with E-state index < -0.39 is 53.7 Å². The van der Waals surface area contributed by atoms with Gasteiger partial charge in [-0.15, -0.1) is 0 Å². The number of Topliss-reactive ketones (excluding diaryl/α,β-unsaturated/α-hetero) is 4. The number of carbonyl (C=O) groups excluding carboxylic acids is 5. The van der Waals surface area contributed by atoms with E-state index in [4.69, 9.17) is 15.2 Å². The Balaban J connectivity index is 1.70.